The van der Waals surface area contributed by atoms with E-state index in [1.807, 2.05) is 0 Å². The average molecular weight is 448 g/mol. The van der Waals surface area contributed by atoms with Crippen molar-refractivity contribution in [2.75, 3.05) is 20.0 Å². The van der Waals surface area contributed by atoms with Crippen LogP contribution < -0.4 is 19.9 Å². The summed E-state index contributed by atoms with van der Waals surface area (Å²) in [5, 5.41) is 0.315. The fourth-order valence-electron chi connectivity index (χ4n) is 3.21. The highest BCUT2D eigenvalue weighted by molar-refractivity contribution is 7.86. The van der Waals surface area contributed by atoms with Crippen LogP contribution in [0, 0.1) is 13.8 Å². The van der Waals surface area contributed by atoms with Crippen LogP contribution in [0.25, 0.3) is 22.3 Å². The lowest BCUT2D eigenvalue weighted by Crippen LogP contribution is -2.13. The van der Waals surface area contributed by atoms with E-state index in [1.165, 1.54) is 14.2 Å². The van der Waals surface area contributed by atoms with Crippen molar-refractivity contribution in [3.05, 3.63) is 45.7 Å². The van der Waals surface area contributed by atoms with Crippen LogP contribution in [0.3, 0.4) is 0 Å². The van der Waals surface area contributed by atoms with Crippen LogP contribution in [0.1, 0.15) is 24.5 Å². The minimum atomic E-state index is -3.77. The zero-order chi connectivity index (χ0) is 22.8. The van der Waals surface area contributed by atoms with Gasteiger partial charge in [0.2, 0.25) is 0 Å². The monoisotopic (exact) mass is 448 g/mol. The number of hydrogen-bond donors (Lipinski definition) is 1. The second-order valence-electron chi connectivity index (χ2n) is 6.99. The summed E-state index contributed by atoms with van der Waals surface area (Å²) >= 11 is 0. The Morgan fingerprint density at radius 2 is 1.71 bits per heavy atom. The Bertz CT molecular complexity index is 1260. The molecule has 10 heteroatoms. The maximum Gasteiger partial charge on any atom is 0.303 e. The fourth-order valence-corrected chi connectivity index (χ4v) is 3.95. The van der Waals surface area contributed by atoms with E-state index >= 15 is 0 Å². The number of nitrogens with one attached hydrogen (secondary N) is 1. The molecular formula is C21H24N2O7S. The van der Waals surface area contributed by atoms with E-state index in [-0.39, 0.29) is 17.1 Å². The summed E-state index contributed by atoms with van der Waals surface area (Å²) in [5.74, 6) is 1.35. The van der Waals surface area contributed by atoms with Crippen molar-refractivity contribution in [2.45, 2.75) is 27.2 Å². The van der Waals surface area contributed by atoms with Gasteiger partial charge in [0, 0.05) is 17.7 Å². The summed E-state index contributed by atoms with van der Waals surface area (Å²) < 4.78 is 38.8. The first-order valence-corrected chi connectivity index (χ1v) is 11.1. The van der Waals surface area contributed by atoms with E-state index in [4.69, 9.17) is 14.4 Å². The molecule has 166 valence electrons. The third kappa shape index (κ3) is 4.80. The van der Waals surface area contributed by atoms with Crippen molar-refractivity contribution in [1.29, 1.82) is 0 Å². The van der Waals surface area contributed by atoms with Crippen LogP contribution >= 0.6 is 0 Å². The summed E-state index contributed by atoms with van der Waals surface area (Å²) in [6.45, 7) is 5.22. The molecule has 0 fully saturated rings. The van der Waals surface area contributed by atoms with Gasteiger partial charge >= 0.3 is 10.1 Å². The van der Waals surface area contributed by atoms with E-state index < -0.39 is 10.1 Å². The second-order valence-corrected chi connectivity index (χ2v) is 8.65. The third-order valence-corrected chi connectivity index (χ3v) is 5.79. The van der Waals surface area contributed by atoms with E-state index in [2.05, 4.69) is 14.3 Å². The maximum absolute atomic E-state index is 12.7. The van der Waals surface area contributed by atoms with Gasteiger partial charge in [-0.3, -0.25) is 4.79 Å². The number of benzene rings is 2. The van der Waals surface area contributed by atoms with Crippen LogP contribution in [0.2, 0.25) is 0 Å². The van der Waals surface area contributed by atoms with Gasteiger partial charge < -0.3 is 19.3 Å². The summed E-state index contributed by atoms with van der Waals surface area (Å²) in [6.07, 6.45) is 0.416. The SMILES string of the molecule is CCCS(=O)(=O)OOc1c(C)cc(-c2nc3cc(OC)cc(OC)c3c(=O)[nH]2)cc1C. The smallest absolute Gasteiger partial charge is 0.303 e. The Kier molecular flexibility index (Phi) is 6.51. The summed E-state index contributed by atoms with van der Waals surface area (Å²) in [5.41, 5.74) is 1.92. The molecule has 0 saturated carbocycles. The van der Waals surface area contributed by atoms with Crippen LogP contribution in [0.5, 0.6) is 17.2 Å². The first-order chi connectivity index (χ1) is 14.7. The summed E-state index contributed by atoms with van der Waals surface area (Å²) in [6, 6.07) is 6.71. The molecule has 0 radical (unpaired) electrons. The molecule has 3 rings (SSSR count). The molecule has 1 heterocycles. The normalized spacial score (nSPS) is 11.5. The number of nitrogens with zero attached hydrogens (tertiary/aromatic N) is 1. The number of aryl methyl sites for hydroxylation is 2. The Hall–Kier alpha value is -3.11. The molecule has 2 aromatic carbocycles. The molecule has 31 heavy (non-hydrogen) atoms. The lowest BCUT2D eigenvalue weighted by molar-refractivity contribution is -0.0936. The van der Waals surface area contributed by atoms with Gasteiger partial charge in [-0.15, -0.1) is 0 Å². The van der Waals surface area contributed by atoms with Crippen LogP contribution in [0.15, 0.2) is 29.1 Å². The molecule has 0 bridgehead atoms. The van der Waals surface area contributed by atoms with Crippen molar-refractivity contribution in [2.24, 2.45) is 0 Å². The van der Waals surface area contributed by atoms with Gasteiger partial charge in [0.25, 0.3) is 5.56 Å². The average Bonchev–Trinajstić information content (AvgIpc) is 2.71. The van der Waals surface area contributed by atoms with Crippen LogP contribution in [-0.4, -0.2) is 38.4 Å². The number of aromatic nitrogens is 2. The molecule has 0 aliphatic carbocycles. The molecule has 0 saturated heterocycles. The lowest BCUT2D eigenvalue weighted by atomic mass is 10.0. The van der Waals surface area contributed by atoms with E-state index in [0.29, 0.717) is 51.3 Å². The number of rotatable bonds is 8. The number of methoxy groups -OCH3 is 2. The van der Waals surface area contributed by atoms with Crippen molar-refractivity contribution < 1.29 is 27.1 Å². The van der Waals surface area contributed by atoms with Gasteiger partial charge in [-0.1, -0.05) is 11.3 Å². The maximum atomic E-state index is 12.7. The number of hydrogen-bond acceptors (Lipinski definition) is 8. The lowest BCUT2D eigenvalue weighted by Gasteiger charge is -2.13. The topological polar surface area (TPSA) is 117 Å². The molecule has 1 aromatic heterocycles. The van der Waals surface area contributed by atoms with Crippen molar-refractivity contribution in [1.82, 2.24) is 9.97 Å². The van der Waals surface area contributed by atoms with E-state index in [9.17, 15) is 13.2 Å². The van der Waals surface area contributed by atoms with Gasteiger partial charge in [0.1, 0.15) is 22.7 Å². The highest BCUT2D eigenvalue weighted by Crippen LogP contribution is 2.31. The largest absolute Gasteiger partial charge is 0.497 e. The standard InChI is InChI=1S/C21H24N2O7S/c1-6-7-31(25,26)30-29-19-12(2)8-14(9-13(19)3)20-22-16-10-15(27-4)11-17(28-5)18(16)21(24)23-20/h8-11H,6-7H2,1-5H3,(H,22,23,24). The van der Waals surface area contributed by atoms with E-state index in [0.717, 1.165) is 0 Å². The summed E-state index contributed by atoms with van der Waals surface area (Å²) in [7, 11) is -0.790. The number of fused-ring (bicyclic) bond motifs is 1. The molecule has 0 spiro atoms. The predicted molar refractivity (Wildman–Crippen MR) is 116 cm³/mol. The zero-order valence-electron chi connectivity index (χ0n) is 17.9. The number of ether oxygens (including phenoxy) is 2. The van der Waals surface area contributed by atoms with Gasteiger partial charge in [-0.2, -0.15) is 8.42 Å². The first-order valence-electron chi connectivity index (χ1n) is 9.55. The van der Waals surface area contributed by atoms with Crippen molar-refractivity contribution in [3.63, 3.8) is 0 Å². The molecule has 9 nitrogen and oxygen atoms in total. The number of H-pyrrole nitrogens is 1. The zero-order valence-corrected chi connectivity index (χ0v) is 18.8. The molecular weight excluding hydrogens is 424 g/mol. The molecule has 0 atom stereocenters. The van der Waals surface area contributed by atoms with Gasteiger partial charge in [-0.25, -0.2) is 4.98 Å². The molecule has 3 aromatic rings. The van der Waals surface area contributed by atoms with Gasteiger partial charge in [0.05, 0.1) is 25.5 Å². The van der Waals surface area contributed by atoms with Gasteiger partial charge in [0.15, 0.2) is 5.75 Å². The van der Waals surface area contributed by atoms with Gasteiger partial charge in [-0.05, 0) is 43.5 Å². The minimum absolute atomic E-state index is 0.141. The minimum Gasteiger partial charge on any atom is -0.497 e. The van der Waals surface area contributed by atoms with Crippen molar-refractivity contribution >= 4 is 21.0 Å². The van der Waals surface area contributed by atoms with Crippen LogP contribution in [-0.2, 0) is 14.5 Å². The third-order valence-electron chi connectivity index (χ3n) is 4.61. The molecule has 0 aliphatic rings. The Morgan fingerprint density at radius 3 is 2.29 bits per heavy atom. The van der Waals surface area contributed by atoms with Crippen molar-refractivity contribution in [3.8, 4) is 28.6 Å². The molecule has 0 unspecified atom stereocenters. The highest BCUT2D eigenvalue weighted by atomic mass is 32.2. The number of aromatic amines is 1. The molecule has 0 amide bonds. The quantitative estimate of drug-likeness (QED) is 0.412. The van der Waals surface area contributed by atoms with E-state index in [1.54, 1.807) is 45.0 Å². The Morgan fingerprint density at radius 1 is 1.03 bits per heavy atom. The predicted octanol–water partition coefficient (Wildman–Crippen LogP) is 3.27. The molecule has 1 N–H and O–H groups in total. The molecule has 0 aliphatic heterocycles. The highest BCUT2D eigenvalue weighted by Gasteiger charge is 2.17. The first kappa shape index (κ1) is 22.6. The second kappa shape index (κ2) is 8.94. The Balaban J connectivity index is 2.04. The fraction of sp³-hybridized carbons (Fsp3) is 0.333. The van der Waals surface area contributed by atoms with Crippen LogP contribution in [0.4, 0.5) is 0 Å². The Labute approximate surface area is 180 Å². The summed E-state index contributed by atoms with van der Waals surface area (Å²) in [4.78, 5) is 25.2.